The van der Waals surface area contributed by atoms with Gasteiger partial charge in [0, 0.05) is 37.1 Å². The van der Waals surface area contributed by atoms with Crippen LogP contribution in [0.25, 0.3) is 11.1 Å². The van der Waals surface area contributed by atoms with Gasteiger partial charge in [-0.3, -0.25) is 14.8 Å². The first-order valence-corrected chi connectivity index (χ1v) is 11.1. The fraction of sp³-hybridized carbons (Fsp3) is 0.269. The second-order valence-electron chi connectivity index (χ2n) is 7.99. The number of amides is 1. The molecule has 1 aliphatic heterocycles. The number of carbonyl (C=O) groups is 1. The summed E-state index contributed by atoms with van der Waals surface area (Å²) >= 11 is 0. The number of hydrogen-bond donors (Lipinski definition) is 3. The van der Waals surface area contributed by atoms with Crippen LogP contribution >= 0.6 is 0 Å². The Morgan fingerprint density at radius 3 is 2.56 bits per heavy atom. The molecule has 4 rings (SSSR count). The van der Waals surface area contributed by atoms with Gasteiger partial charge in [-0.2, -0.15) is 0 Å². The molecule has 34 heavy (non-hydrogen) atoms. The van der Waals surface area contributed by atoms with E-state index in [0.29, 0.717) is 30.2 Å². The lowest BCUT2D eigenvalue weighted by Gasteiger charge is -2.13. The molecule has 1 amide bonds. The summed E-state index contributed by atoms with van der Waals surface area (Å²) in [6, 6.07) is 15.5. The smallest absolute Gasteiger partial charge is 0.251 e. The van der Waals surface area contributed by atoms with E-state index in [1.807, 2.05) is 49.4 Å². The number of aryl methyl sites for hydroxylation is 1. The van der Waals surface area contributed by atoms with E-state index in [9.17, 15) is 4.79 Å². The highest BCUT2D eigenvalue weighted by atomic mass is 16.5. The summed E-state index contributed by atoms with van der Waals surface area (Å²) in [5.74, 6) is 1.90. The number of guanidine groups is 1. The Morgan fingerprint density at radius 2 is 1.82 bits per heavy atom. The van der Waals surface area contributed by atoms with Crippen LogP contribution in [0.3, 0.4) is 0 Å². The van der Waals surface area contributed by atoms with Gasteiger partial charge in [-0.25, -0.2) is 0 Å². The van der Waals surface area contributed by atoms with Crippen molar-refractivity contribution in [1.29, 1.82) is 0 Å². The number of pyridine rings is 1. The number of rotatable bonds is 8. The van der Waals surface area contributed by atoms with Crippen LogP contribution in [0.4, 0.5) is 0 Å². The fourth-order valence-electron chi connectivity index (χ4n) is 3.79. The SMILES string of the molecule is COc1ccc(CNC(=O)c2cc(CNC3=NCCN3)cc(-c3ccnc(C)c3)c2)cc1OC. The molecule has 0 fully saturated rings. The molecule has 0 aliphatic carbocycles. The van der Waals surface area contributed by atoms with Gasteiger partial charge in [0.2, 0.25) is 0 Å². The van der Waals surface area contributed by atoms with Crippen molar-refractivity contribution in [3.63, 3.8) is 0 Å². The predicted molar refractivity (Wildman–Crippen MR) is 132 cm³/mol. The van der Waals surface area contributed by atoms with E-state index >= 15 is 0 Å². The first-order valence-electron chi connectivity index (χ1n) is 11.1. The first-order chi connectivity index (χ1) is 16.6. The van der Waals surface area contributed by atoms with E-state index in [2.05, 4.69) is 32.0 Å². The number of nitrogens with zero attached hydrogens (tertiary/aromatic N) is 2. The molecule has 0 spiro atoms. The molecule has 1 aromatic heterocycles. The summed E-state index contributed by atoms with van der Waals surface area (Å²) in [6.45, 7) is 4.48. The zero-order valence-electron chi connectivity index (χ0n) is 19.6. The summed E-state index contributed by atoms with van der Waals surface area (Å²) in [4.78, 5) is 21.8. The first kappa shape index (κ1) is 23.1. The maximum absolute atomic E-state index is 13.1. The van der Waals surface area contributed by atoms with Crippen molar-refractivity contribution in [2.45, 2.75) is 20.0 Å². The van der Waals surface area contributed by atoms with Crippen LogP contribution in [0.1, 0.15) is 27.2 Å². The van der Waals surface area contributed by atoms with Crippen molar-refractivity contribution in [1.82, 2.24) is 20.9 Å². The topological polar surface area (TPSA) is 96.9 Å². The summed E-state index contributed by atoms with van der Waals surface area (Å²) in [7, 11) is 3.19. The average molecular weight is 460 g/mol. The third-order valence-electron chi connectivity index (χ3n) is 5.52. The van der Waals surface area contributed by atoms with Crippen LogP contribution in [0.15, 0.2) is 59.7 Å². The minimum absolute atomic E-state index is 0.153. The molecule has 2 aromatic carbocycles. The monoisotopic (exact) mass is 459 g/mol. The average Bonchev–Trinajstić information content (AvgIpc) is 3.39. The zero-order chi connectivity index (χ0) is 23.9. The minimum atomic E-state index is -0.153. The van der Waals surface area contributed by atoms with Gasteiger partial charge in [0.25, 0.3) is 5.91 Å². The number of nitrogens with one attached hydrogen (secondary N) is 3. The Morgan fingerprint density at radius 1 is 0.971 bits per heavy atom. The fourth-order valence-corrected chi connectivity index (χ4v) is 3.79. The van der Waals surface area contributed by atoms with Crippen molar-refractivity contribution in [2.75, 3.05) is 27.3 Å². The van der Waals surface area contributed by atoms with Crippen molar-refractivity contribution in [3.05, 3.63) is 77.1 Å². The number of ether oxygens (including phenoxy) is 2. The molecule has 0 unspecified atom stereocenters. The number of aromatic nitrogens is 1. The molecule has 8 heteroatoms. The third kappa shape index (κ3) is 5.64. The van der Waals surface area contributed by atoms with Gasteiger partial charge in [0.15, 0.2) is 17.5 Å². The molecule has 0 radical (unpaired) electrons. The van der Waals surface area contributed by atoms with Crippen LogP contribution in [-0.4, -0.2) is 44.2 Å². The molecule has 2 heterocycles. The van der Waals surface area contributed by atoms with E-state index in [1.54, 1.807) is 20.4 Å². The van der Waals surface area contributed by atoms with Crippen molar-refractivity contribution < 1.29 is 14.3 Å². The predicted octanol–water partition coefficient (Wildman–Crippen LogP) is 3.05. The van der Waals surface area contributed by atoms with Crippen molar-refractivity contribution in [2.24, 2.45) is 4.99 Å². The number of carbonyl (C=O) groups excluding carboxylic acids is 1. The molecule has 0 atom stereocenters. The molecular formula is C26H29N5O3. The molecule has 0 saturated heterocycles. The van der Waals surface area contributed by atoms with Gasteiger partial charge in [0.05, 0.1) is 20.8 Å². The molecule has 0 bridgehead atoms. The molecular weight excluding hydrogens is 430 g/mol. The summed E-state index contributed by atoms with van der Waals surface area (Å²) in [5.41, 5.74) is 5.39. The number of methoxy groups -OCH3 is 2. The summed E-state index contributed by atoms with van der Waals surface area (Å²) in [6.07, 6.45) is 1.78. The highest BCUT2D eigenvalue weighted by Gasteiger charge is 2.13. The van der Waals surface area contributed by atoms with Gasteiger partial charge < -0.3 is 25.4 Å². The van der Waals surface area contributed by atoms with Crippen LogP contribution in [0.5, 0.6) is 11.5 Å². The molecule has 0 saturated carbocycles. The normalized spacial score (nSPS) is 12.5. The van der Waals surface area contributed by atoms with Gasteiger partial charge in [-0.1, -0.05) is 6.07 Å². The Bertz CT molecular complexity index is 1210. The maximum Gasteiger partial charge on any atom is 0.251 e. The Kier molecular flexibility index (Phi) is 7.27. The number of benzene rings is 2. The molecule has 3 aromatic rings. The van der Waals surface area contributed by atoms with E-state index in [1.165, 1.54) is 0 Å². The van der Waals surface area contributed by atoms with Crippen molar-refractivity contribution >= 4 is 11.9 Å². The van der Waals surface area contributed by atoms with E-state index < -0.39 is 0 Å². The van der Waals surface area contributed by atoms with Crippen LogP contribution in [0.2, 0.25) is 0 Å². The standard InChI is InChI=1S/C26H29N5O3/c1-17-10-20(6-7-27-17)21-11-19(16-31-26-28-8-9-29-26)12-22(14-21)25(32)30-15-18-4-5-23(33-2)24(13-18)34-3/h4-7,10-14H,8-9,15-16H2,1-3H3,(H,30,32)(H2,28,29,31). The molecule has 3 N–H and O–H groups in total. The second-order valence-corrected chi connectivity index (χ2v) is 7.99. The summed E-state index contributed by atoms with van der Waals surface area (Å²) in [5, 5.41) is 9.52. The number of hydrogen-bond acceptors (Lipinski definition) is 7. The van der Waals surface area contributed by atoms with E-state index in [0.717, 1.165) is 47.0 Å². The van der Waals surface area contributed by atoms with E-state index in [4.69, 9.17) is 9.47 Å². The lowest BCUT2D eigenvalue weighted by atomic mass is 9.99. The second kappa shape index (κ2) is 10.7. The van der Waals surface area contributed by atoms with Gasteiger partial charge in [-0.15, -0.1) is 0 Å². The maximum atomic E-state index is 13.1. The lowest BCUT2D eigenvalue weighted by molar-refractivity contribution is 0.0951. The van der Waals surface area contributed by atoms with Gasteiger partial charge in [0.1, 0.15) is 0 Å². The highest BCUT2D eigenvalue weighted by Crippen LogP contribution is 2.27. The number of aliphatic imine (C=N–C) groups is 1. The minimum Gasteiger partial charge on any atom is -0.493 e. The Balaban J connectivity index is 1.55. The van der Waals surface area contributed by atoms with Crippen LogP contribution < -0.4 is 25.4 Å². The van der Waals surface area contributed by atoms with E-state index in [-0.39, 0.29) is 5.91 Å². The molecule has 8 nitrogen and oxygen atoms in total. The highest BCUT2D eigenvalue weighted by molar-refractivity contribution is 5.95. The van der Waals surface area contributed by atoms with Crippen molar-refractivity contribution in [3.8, 4) is 22.6 Å². The van der Waals surface area contributed by atoms with Gasteiger partial charge >= 0.3 is 0 Å². The lowest BCUT2D eigenvalue weighted by Crippen LogP contribution is -2.33. The molecule has 1 aliphatic rings. The largest absolute Gasteiger partial charge is 0.493 e. The summed E-state index contributed by atoms with van der Waals surface area (Å²) < 4.78 is 10.7. The Labute approximate surface area is 199 Å². The quantitative estimate of drug-likeness (QED) is 0.479. The third-order valence-corrected chi connectivity index (χ3v) is 5.52. The Hall–Kier alpha value is -4.07. The molecule has 176 valence electrons. The van der Waals surface area contributed by atoms with Crippen LogP contribution in [0, 0.1) is 6.92 Å². The zero-order valence-corrected chi connectivity index (χ0v) is 19.6. The van der Waals surface area contributed by atoms with Crippen LogP contribution in [-0.2, 0) is 13.1 Å². The van der Waals surface area contributed by atoms with Gasteiger partial charge in [-0.05, 0) is 71.6 Å².